The van der Waals surface area contributed by atoms with Crippen LogP contribution < -0.4 is 9.62 Å². The average molecular weight is 443 g/mol. The third kappa shape index (κ3) is 3.31. The van der Waals surface area contributed by atoms with E-state index in [4.69, 9.17) is 9.47 Å². The molecule has 0 amide bonds. The van der Waals surface area contributed by atoms with Crippen molar-refractivity contribution in [1.29, 1.82) is 0 Å². The molecule has 0 bridgehead atoms. The molecule has 3 saturated heterocycles. The van der Waals surface area contributed by atoms with Crippen LogP contribution in [0.25, 0.3) is 11.2 Å². The van der Waals surface area contributed by atoms with E-state index in [0.717, 1.165) is 18.8 Å². The summed E-state index contributed by atoms with van der Waals surface area (Å²) in [5.41, 5.74) is 1.11. The van der Waals surface area contributed by atoms with Crippen LogP contribution in [0.5, 0.6) is 0 Å². The molecule has 3 fully saturated rings. The van der Waals surface area contributed by atoms with Crippen LogP contribution in [-0.2, 0) is 9.47 Å². The number of aliphatic hydroxyl groups excluding tert-OH is 2. The number of fused-ring (bicyclic) bond motifs is 1. The van der Waals surface area contributed by atoms with E-state index < -0.39 is 24.5 Å². The highest BCUT2D eigenvalue weighted by Crippen LogP contribution is 2.50. The van der Waals surface area contributed by atoms with Crippen LogP contribution in [0.15, 0.2) is 37.1 Å². The summed E-state index contributed by atoms with van der Waals surface area (Å²) in [6, 6.07) is 5.82. The van der Waals surface area contributed by atoms with E-state index in [9.17, 15) is 10.2 Å². The molecule has 3 aromatic heterocycles. The van der Waals surface area contributed by atoms with Crippen molar-refractivity contribution < 1.29 is 19.7 Å². The average Bonchev–Trinajstić information content (AvgIpc) is 3.09. The molecule has 6 heterocycles. The third-order valence-electron chi connectivity index (χ3n) is 5.74. The Morgan fingerprint density at radius 1 is 1.13 bits per heavy atom. The molecule has 0 radical (unpaired) electrons. The second-order valence-corrected chi connectivity index (χ2v) is 8.82. The van der Waals surface area contributed by atoms with Gasteiger partial charge >= 0.3 is 0 Å². The first kappa shape index (κ1) is 19.2. The Morgan fingerprint density at radius 2 is 2.06 bits per heavy atom. The molecule has 31 heavy (non-hydrogen) atoms. The van der Waals surface area contributed by atoms with Gasteiger partial charge in [0.15, 0.2) is 23.2 Å². The normalized spacial score (nSPS) is 32.6. The van der Waals surface area contributed by atoms with Crippen molar-refractivity contribution in [3.8, 4) is 0 Å². The second-order valence-electron chi connectivity index (χ2n) is 7.73. The molecule has 6 rings (SSSR count). The predicted molar refractivity (Wildman–Crippen MR) is 112 cm³/mol. The Hall–Kier alpha value is -2.51. The van der Waals surface area contributed by atoms with E-state index in [2.05, 4.69) is 25.3 Å². The number of hydrogen-bond acceptors (Lipinski definition) is 11. The smallest absolute Gasteiger partial charge is 0.167 e. The fourth-order valence-corrected chi connectivity index (χ4v) is 5.05. The lowest BCUT2D eigenvalue weighted by Gasteiger charge is -2.17. The van der Waals surface area contributed by atoms with Gasteiger partial charge in [-0.25, -0.2) is 19.9 Å². The minimum atomic E-state index is -1.12. The molecule has 3 aromatic rings. The van der Waals surface area contributed by atoms with Crippen LogP contribution in [0.1, 0.15) is 12.6 Å². The zero-order valence-corrected chi connectivity index (χ0v) is 17.2. The summed E-state index contributed by atoms with van der Waals surface area (Å²) in [5, 5.41) is 24.7. The molecule has 3 aliphatic heterocycles. The lowest BCUT2D eigenvalue weighted by Crippen LogP contribution is -2.35. The van der Waals surface area contributed by atoms with Crippen molar-refractivity contribution in [2.75, 3.05) is 22.8 Å². The van der Waals surface area contributed by atoms with Crippen molar-refractivity contribution in [2.24, 2.45) is 0 Å². The molecule has 3 N–H and O–H groups in total. The van der Waals surface area contributed by atoms with Crippen molar-refractivity contribution in [3.63, 3.8) is 0 Å². The van der Waals surface area contributed by atoms with Crippen LogP contribution >= 0.6 is 11.9 Å². The Morgan fingerprint density at radius 3 is 2.87 bits per heavy atom. The maximum atomic E-state index is 10.7. The van der Waals surface area contributed by atoms with Gasteiger partial charge in [-0.1, -0.05) is 6.07 Å². The molecule has 1 unspecified atom stereocenters. The number of aromatic nitrogens is 5. The van der Waals surface area contributed by atoms with Gasteiger partial charge < -0.3 is 25.0 Å². The lowest BCUT2D eigenvalue weighted by atomic mass is 10.1. The van der Waals surface area contributed by atoms with Gasteiger partial charge in [0, 0.05) is 12.8 Å². The third-order valence-corrected chi connectivity index (χ3v) is 6.86. The lowest BCUT2D eigenvalue weighted by molar-refractivity contribution is -0.0325. The summed E-state index contributed by atoms with van der Waals surface area (Å²) in [7, 11) is 0. The Labute approximate surface area is 181 Å². The highest BCUT2D eigenvalue weighted by atomic mass is 32.2. The van der Waals surface area contributed by atoms with Gasteiger partial charge in [0.05, 0.1) is 19.0 Å². The molecule has 0 aromatic carbocycles. The zero-order valence-electron chi connectivity index (χ0n) is 16.4. The summed E-state index contributed by atoms with van der Waals surface area (Å²) in [6.07, 6.45) is 2.07. The molecule has 0 saturated carbocycles. The van der Waals surface area contributed by atoms with Crippen LogP contribution in [-0.4, -0.2) is 77.7 Å². The Balaban J connectivity index is 1.24. The second kappa shape index (κ2) is 7.57. The van der Waals surface area contributed by atoms with Crippen molar-refractivity contribution in [1.82, 2.24) is 24.5 Å². The fourth-order valence-electron chi connectivity index (χ4n) is 4.09. The highest BCUT2D eigenvalue weighted by Gasteiger charge is 2.55. The first-order valence-electron chi connectivity index (χ1n) is 10.1. The molecule has 3 aliphatic rings. The van der Waals surface area contributed by atoms with Gasteiger partial charge in [-0.15, -0.1) is 0 Å². The number of hydrogen-bond donors (Lipinski definition) is 3. The van der Waals surface area contributed by atoms with Gasteiger partial charge in [-0.3, -0.25) is 8.87 Å². The number of imidazole rings is 1. The van der Waals surface area contributed by atoms with Crippen LogP contribution in [0.2, 0.25) is 0 Å². The van der Waals surface area contributed by atoms with Crippen LogP contribution in [0, 0.1) is 0 Å². The molecule has 162 valence electrons. The summed E-state index contributed by atoms with van der Waals surface area (Å²) in [4.78, 5) is 17.4. The SMILES string of the molecule is O[C@@H]1[C@H](O)[C@@H](C2SN2c2ccccn2)O[C@H]1n1cnc2c(N[C@H]3CCOC3)ncnc21. The number of aliphatic hydroxyl groups is 2. The first-order valence-corrected chi connectivity index (χ1v) is 10.9. The molecule has 0 aliphatic carbocycles. The zero-order chi connectivity index (χ0) is 20.9. The van der Waals surface area contributed by atoms with E-state index in [1.165, 1.54) is 18.3 Å². The topological polar surface area (TPSA) is 130 Å². The van der Waals surface area contributed by atoms with Gasteiger partial charge in [-0.05, 0) is 30.5 Å². The van der Waals surface area contributed by atoms with Gasteiger partial charge in [-0.2, -0.15) is 0 Å². The maximum absolute atomic E-state index is 10.7. The summed E-state index contributed by atoms with van der Waals surface area (Å²) in [6.45, 7) is 1.34. The van der Waals surface area contributed by atoms with E-state index >= 15 is 0 Å². The van der Waals surface area contributed by atoms with E-state index in [0.29, 0.717) is 23.6 Å². The van der Waals surface area contributed by atoms with E-state index in [-0.39, 0.29) is 11.4 Å². The van der Waals surface area contributed by atoms with Crippen LogP contribution in [0.3, 0.4) is 0 Å². The monoisotopic (exact) mass is 443 g/mol. The van der Waals surface area contributed by atoms with Crippen molar-refractivity contribution in [2.45, 2.75) is 42.4 Å². The van der Waals surface area contributed by atoms with E-state index in [1.54, 1.807) is 17.1 Å². The largest absolute Gasteiger partial charge is 0.387 e. The summed E-state index contributed by atoms with van der Waals surface area (Å²) in [5.74, 6) is 1.40. The molecule has 6 atom stereocenters. The van der Waals surface area contributed by atoms with Crippen LogP contribution in [0.4, 0.5) is 11.6 Å². The number of rotatable bonds is 5. The van der Waals surface area contributed by atoms with Gasteiger partial charge in [0.25, 0.3) is 0 Å². The quantitative estimate of drug-likeness (QED) is 0.377. The molecule has 12 heteroatoms. The minimum absolute atomic E-state index is 0.131. The Kier molecular flexibility index (Phi) is 4.69. The molecule has 0 spiro atoms. The predicted octanol–water partition coefficient (Wildman–Crippen LogP) is 0.536. The molecular formula is C19H21N7O4S. The van der Waals surface area contributed by atoms with E-state index in [1.807, 2.05) is 22.5 Å². The summed E-state index contributed by atoms with van der Waals surface area (Å²) >= 11 is 1.52. The minimum Gasteiger partial charge on any atom is -0.387 e. The number of nitrogens with zero attached hydrogens (tertiary/aromatic N) is 6. The van der Waals surface area contributed by atoms with Gasteiger partial charge in [0.1, 0.15) is 35.8 Å². The highest BCUT2D eigenvalue weighted by molar-refractivity contribution is 8.08. The number of pyridine rings is 1. The standard InChI is InChI=1S/C19H21N7O4S/c27-13-14(28)18(30-15(13)19-26(31-19)11-3-1-2-5-20-11)25-9-23-12-16(21-8-22-17(12)25)24-10-4-6-29-7-10/h1-3,5,8-10,13-15,18-19,27-28H,4,6-7H2,(H,21,22,24)/t10-,13-,14+,15-,18+,19?,26?/m0/s1. The van der Waals surface area contributed by atoms with Gasteiger partial charge in [0.2, 0.25) is 0 Å². The number of nitrogens with one attached hydrogen (secondary N) is 1. The molecule has 11 nitrogen and oxygen atoms in total. The maximum Gasteiger partial charge on any atom is 0.167 e. The fraction of sp³-hybridized carbons (Fsp3) is 0.474. The Bertz CT molecular complexity index is 1080. The summed E-state index contributed by atoms with van der Waals surface area (Å²) < 4.78 is 15.1. The number of ether oxygens (including phenoxy) is 2. The molecular weight excluding hydrogens is 422 g/mol. The first-order chi connectivity index (χ1) is 15.2. The van der Waals surface area contributed by atoms with Crippen molar-refractivity contribution in [3.05, 3.63) is 37.1 Å². The van der Waals surface area contributed by atoms with Crippen molar-refractivity contribution >= 4 is 34.7 Å². The number of anilines is 2.